The second kappa shape index (κ2) is 3.18. The van der Waals surface area contributed by atoms with Gasteiger partial charge in [-0.25, -0.2) is 4.79 Å². The van der Waals surface area contributed by atoms with Crippen LogP contribution in [0.2, 0.25) is 0 Å². The van der Waals surface area contributed by atoms with Crippen LogP contribution >= 0.6 is 0 Å². The molecule has 4 heteroatoms. The minimum absolute atomic E-state index is 0.118. The van der Waals surface area contributed by atoms with Gasteiger partial charge in [-0.3, -0.25) is 0 Å². The van der Waals surface area contributed by atoms with Crippen LogP contribution in [0.4, 0.5) is 4.79 Å². The number of hydrogen-bond acceptors (Lipinski definition) is 2. The quantitative estimate of drug-likeness (QED) is 0.647. The first kappa shape index (κ1) is 10.3. The highest BCUT2D eigenvalue weighted by molar-refractivity contribution is 5.66. The predicted octanol–water partition coefficient (Wildman–Crippen LogP) is 1.25. The lowest BCUT2D eigenvalue weighted by atomic mass is 9.84. The molecule has 0 heterocycles. The van der Waals surface area contributed by atoms with Crippen molar-refractivity contribution in [3.63, 3.8) is 0 Å². The summed E-state index contributed by atoms with van der Waals surface area (Å²) in [5.41, 5.74) is 5.31. The van der Waals surface area contributed by atoms with E-state index in [2.05, 4.69) is 0 Å². The van der Waals surface area contributed by atoms with E-state index >= 15 is 0 Å². The number of rotatable bonds is 1. The summed E-state index contributed by atoms with van der Waals surface area (Å²) in [4.78, 5) is 12.5. The number of carboxylic acid groups (broad SMARTS) is 1. The molecule has 0 unspecified atom stereocenters. The van der Waals surface area contributed by atoms with Gasteiger partial charge in [-0.2, -0.15) is 0 Å². The highest BCUT2D eigenvalue weighted by Gasteiger charge is 2.39. The van der Waals surface area contributed by atoms with E-state index in [1.54, 1.807) is 0 Å². The van der Waals surface area contributed by atoms with Gasteiger partial charge in [0.05, 0.1) is 0 Å². The maximum Gasteiger partial charge on any atom is 0.407 e. The largest absolute Gasteiger partial charge is 0.465 e. The van der Waals surface area contributed by atoms with Crippen LogP contribution in [0.15, 0.2) is 0 Å². The van der Waals surface area contributed by atoms with Gasteiger partial charge in [0.25, 0.3) is 0 Å². The third-order valence-electron chi connectivity index (χ3n) is 2.44. The molecule has 4 nitrogen and oxygen atoms in total. The number of nitrogens with zero attached hydrogens (tertiary/aromatic N) is 1. The Hall–Kier alpha value is -0.770. The van der Waals surface area contributed by atoms with Gasteiger partial charge in [-0.1, -0.05) is 0 Å². The zero-order valence-electron chi connectivity index (χ0n) is 8.45. The first-order chi connectivity index (χ1) is 5.82. The Morgan fingerprint density at radius 2 is 1.92 bits per heavy atom. The lowest BCUT2D eigenvalue weighted by molar-refractivity contribution is 0.0351. The maximum absolute atomic E-state index is 11.0. The van der Waals surface area contributed by atoms with Gasteiger partial charge in [0.2, 0.25) is 0 Å². The first-order valence-electron chi connectivity index (χ1n) is 4.60. The van der Waals surface area contributed by atoms with Gasteiger partial charge in [-0.05, 0) is 33.6 Å². The minimum Gasteiger partial charge on any atom is -0.465 e. The molecule has 3 N–H and O–H groups in total. The third-order valence-corrected chi connectivity index (χ3v) is 2.44. The number of carbonyl (C=O) groups is 1. The Balaban J connectivity index is 2.65. The van der Waals surface area contributed by atoms with E-state index in [1.165, 1.54) is 4.90 Å². The molecule has 76 valence electrons. The van der Waals surface area contributed by atoms with Crippen LogP contribution in [0.5, 0.6) is 0 Å². The van der Waals surface area contributed by atoms with Crippen LogP contribution in [0.3, 0.4) is 0 Å². The fraction of sp³-hybridized carbons (Fsp3) is 0.889. The van der Waals surface area contributed by atoms with Gasteiger partial charge in [0, 0.05) is 17.6 Å². The van der Waals surface area contributed by atoms with E-state index in [0.29, 0.717) is 0 Å². The molecule has 13 heavy (non-hydrogen) atoms. The molecule has 0 atom stereocenters. The van der Waals surface area contributed by atoms with Crippen molar-refractivity contribution in [2.24, 2.45) is 5.73 Å². The smallest absolute Gasteiger partial charge is 0.407 e. The molecular formula is C9H18N2O2. The van der Waals surface area contributed by atoms with Crippen molar-refractivity contribution < 1.29 is 9.90 Å². The van der Waals surface area contributed by atoms with Crippen molar-refractivity contribution in [3.8, 4) is 0 Å². The Morgan fingerprint density at radius 1 is 1.46 bits per heavy atom. The average molecular weight is 186 g/mol. The Morgan fingerprint density at radius 3 is 2.15 bits per heavy atom. The normalized spacial score (nSPS) is 28.0. The van der Waals surface area contributed by atoms with E-state index in [4.69, 9.17) is 10.8 Å². The van der Waals surface area contributed by atoms with Gasteiger partial charge >= 0.3 is 6.09 Å². The highest BCUT2D eigenvalue weighted by atomic mass is 16.4. The van der Waals surface area contributed by atoms with Crippen LogP contribution in [-0.4, -0.2) is 33.7 Å². The molecule has 0 bridgehead atoms. The fourth-order valence-corrected chi connectivity index (χ4v) is 1.83. The van der Waals surface area contributed by atoms with Crippen molar-refractivity contribution in [2.75, 3.05) is 0 Å². The first-order valence-corrected chi connectivity index (χ1v) is 4.60. The molecule has 1 saturated carbocycles. The summed E-state index contributed by atoms with van der Waals surface area (Å²) < 4.78 is 0. The third kappa shape index (κ3) is 2.12. The van der Waals surface area contributed by atoms with Crippen LogP contribution in [-0.2, 0) is 0 Å². The van der Waals surface area contributed by atoms with E-state index < -0.39 is 6.09 Å². The van der Waals surface area contributed by atoms with Crippen molar-refractivity contribution >= 4 is 6.09 Å². The summed E-state index contributed by atoms with van der Waals surface area (Å²) in [7, 11) is 0. The molecule has 0 aliphatic heterocycles. The molecule has 1 fully saturated rings. The molecule has 1 amide bonds. The van der Waals surface area contributed by atoms with E-state index in [-0.39, 0.29) is 17.6 Å². The Labute approximate surface area is 78.7 Å². The summed E-state index contributed by atoms with van der Waals surface area (Å²) in [5, 5.41) is 9.02. The number of nitrogens with two attached hydrogens (primary N) is 1. The Bertz CT molecular complexity index is 204. The molecule has 0 aromatic carbocycles. The van der Waals surface area contributed by atoms with Gasteiger partial charge in [-0.15, -0.1) is 0 Å². The second-order valence-electron chi connectivity index (χ2n) is 4.71. The van der Waals surface area contributed by atoms with Crippen LogP contribution in [0, 0.1) is 0 Å². The number of amides is 1. The monoisotopic (exact) mass is 186 g/mol. The van der Waals surface area contributed by atoms with Gasteiger partial charge < -0.3 is 15.7 Å². The minimum atomic E-state index is -0.843. The summed E-state index contributed by atoms with van der Waals surface area (Å²) in [6.07, 6.45) is 0.747. The number of hydrogen-bond donors (Lipinski definition) is 2. The molecular weight excluding hydrogens is 168 g/mol. The van der Waals surface area contributed by atoms with Crippen molar-refractivity contribution in [2.45, 2.75) is 51.2 Å². The van der Waals surface area contributed by atoms with Crippen molar-refractivity contribution in [1.29, 1.82) is 0 Å². The summed E-state index contributed by atoms with van der Waals surface area (Å²) in [6.45, 7) is 5.72. The van der Waals surface area contributed by atoms with Crippen molar-refractivity contribution in [1.82, 2.24) is 4.90 Å². The van der Waals surface area contributed by atoms with Crippen molar-refractivity contribution in [3.05, 3.63) is 0 Å². The fourth-order valence-electron chi connectivity index (χ4n) is 1.83. The lowest BCUT2D eigenvalue weighted by Gasteiger charge is -2.46. The molecule has 0 aromatic rings. The molecule has 1 aliphatic carbocycles. The van der Waals surface area contributed by atoms with E-state index in [1.807, 2.05) is 20.8 Å². The predicted molar refractivity (Wildman–Crippen MR) is 50.6 cm³/mol. The molecule has 0 saturated heterocycles. The van der Waals surface area contributed by atoms with Crippen LogP contribution in [0.25, 0.3) is 0 Å². The molecule has 0 radical (unpaired) electrons. The van der Waals surface area contributed by atoms with Gasteiger partial charge in [0.15, 0.2) is 0 Å². The summed E-state index contributed by atoms with van der Waals surface area (Å²) >= 11 is 0. The van der Waals surface area contributed by atoms with Gasteiger partial charge in [0.1, 0.15) is 0 Å². The second-order valence-corrected chi connectivity index (χ2v) is 4.71. The molecule has 1 aliphatic rings. The van der Waals surface area contributed by atoms with E-state index in [0.717, 1.165) is 12.8 Å². The molecule has 0 aromatic heterocycles. The average Bonchev–Trinajstić information content (AvgIpc) is 1.79. The molecule has 1 rings (SSSR count). The molecule has 0 spiro atoms. The van der Waals surface area contributed by atoms with E-state index in [9.17, 15) is 4.79 Å². The highest BCUT2D eigenvalue weighted by Crippen LogP contribution is 2.29. The Kier molecular flexibility index (Phi) is 2.52. The van der Waals surface area contributed by atoms with Crippen LogP contribution in [0.1, 0.15) is 33.6 Å². The zero-order valence-corrected chi connectivity index (χ0v) is 8.45. The summed E-state index contributed by atoms with van der Waals surface area (Å²) in [6, 6.07) is 0.307. The zero-order chi connectivity index (χ0) is 10.2. The topological polar surface area (TPSA) is 66.6 Å². The lowest BCUT2D eigenvalue weighted by Crippen LogP contribution is -2.58. The maximum atomic E-state index is 11.0. The standard InChI is InChI=1S/C9H18N2O2/c1-9(2,3)11(8(12)13)7-4-6(10)5-7/h6-7H,4-5,10H2,1-3H3,(H,12,13)/t6-,7-. The summed E-state index contributed by atoms with van der Waals surface area (Å²) in [5.74, 6) is 0. The van der Waals surface area contributed by atoms with Crippen LogP contribution < -0.4 is 5.73 Å². The SMILES string of the molecule is CC(C)(C)N(C(=O)O)[C@H]1C[C@H](N)C1.